The highest BCUT2D eigenvalue weighted by atomic mass is 16.5. The molecule has 0 fully saturated rings. The summed E-state index contributed by atoms with van der Waals surface area (Å²) in [4.78, 5) is 22.7. The molecule has 23 heavy (non-hydrogen) atoms. The smallest absolute Gasteiger partial charge is 0.313 e. The lowest BCUT2D eigenvalue weighted by Crippen LogP contribution is -2.16. The molecule has 1 rings (SSSR count). The van der Waals surface area contributed by atoms with Gasteiger partial charge in [-0.15, -0.1) is 0 Å². The molecule has 4 nitrogen and oxygen atoms in total. The van der Waals surface area contributed by atoms with Crippen molar-refractivity contribution in [1.29, 1.82) is 0 Å². The van der Waals surface area contributed by atoms with E-state index >= 15 is 0 Å². The predicted octanol–water partition coefficient (Wildman–Crippen LogP) is 4.62. The van der Waals surface area contributed by atoms with Crippen LogP contribution < -0.4 is 4.74 Å². The maximum absolute atomic E-state index is 12.2. The highest BCUT2D eigenvalue weighted by molar-refractivity contribution is 5.78. The average molecular weight is 320 g/mol. The van der Waals surface area contributed by atoms with Gasteiger partial charge in [-0.2, -0.15) is 0 Å². The van der Waals surface area contributed by atoms with E-state index in [1.54, 1.807) is 18.2 Å². The first-order valence-corrected chi connectivity index (χ1v) is 8.59. The maximum Gasteiger partial charge on any atom is 0.313 e. The Morgan fingerprint density at radius 3 is 2.57 bits per heavy atom. The van der Waals surface area contributed by atoms with Crippen molar-refractivity contribution < 1.29 is 19.1 Å². The van der Waals surface area contributed by atoms with E-state index in [4.69, 9.17) is 9.47 Å². The molecule has 1 aromatic rings. The summed E-state index contributed by atoms with van der Waals surface area (Å²) in [6.07, 6.45) is 7.84. The van der Waals surface area contributed by atoms with Crippen LogP contribution in [0.5, 0.6) is 5.75 Å². The minimum Gasteiger partial charge on any atom is -0.466 e. The summed E-state index contributed by atoms with van der Waals surface area (Å²) in [5, 5.41) is 0. The maximum atomic E-state index is 12.2. The van der Waals surface area contributed by atoms with Gasteiger partial charge in [-0.3, -0.25) is 9.59 Å². The van der Waals surface area contributed by atoms with Crippen LogP contribution in [0.3, 0.4) is 0 Å². The van der Waals surface area contributed by atoms with Crippen molar-refractivity contribution in [2.75, 3.05) is 6.61 Å². The van der Waals surface area contributed by atoms with Gasteiger partial charge in [0, 0.05) is 0 Å². The first kappa shape index (κ1) is 19.2. The Labute approximate surface area is 139 Å². The zero-order valence-corrected chi connectivity index (χ0v) is 14.3. The van der Waals surface area contributed by atoms with Crippen molar-refractivity contribution in [3.63, 3.8) is 0 Å². The van der Waals surface area contributed by atoms with Crippen LogP contribution in [0.15, 0.2) is 24.3 Å². The van der Waals surface area contributed by atoms with Gasteiger partial charge in [0.05, 0.1) is 12.5 Å². The molecular formula is C19H28O4. The SMILES string of the molecule is CCCCCCCCC(C(=O)OCC)c1cccc(OC=O)c1. The number of rotatable bonds is 12. The van der Waals surface area contributed by atoms with E-state index in [1.807, 2.05) is 13.0 Å². The molecule has 0 heterocycles. The Balaban J connectivity index is 2.66. The van der Waals surface area contributed by atoms with Crippen LogP contribution in [0.25, 0.3) is 0 Å². The molecule has 1 aromatic carbocycles. The van der Waals surface area contributed by atoms with E-state index in [-0.39, 0.29) is 11.9 Å². The summed E-state index contributed by atoms with van der Waals surface area (Å²) in [5.74, 6) is -0.0459. The summed E-state index contributed by atoms with van der Waals surface area (Å²) in [7, 11) is 0. The molecule has 0 amide bonds. The average Bonchev–Trinajstić information content (AvgIpc) is 2.55. The Hall–Kier alpha value is -1.84. The molecule has 0 aliphatic rings. The van der Waals surface area contributed by atoms with Gasteiger partial charge < -0.3 is 9.47 Å². The lowest BCUT2D eigenvalue weighted by atomic mass is 9.92. The summed E-state index contributed by atoms with van der Waals surface area (Å²) in [6.45, 7) is 4.78. The van der Waals surface area contributed by atoms with Gasteiger partial charge in [0.15, 0.2) is 0 Å². The zero-order chi connectivity index (χ0) is 16.9. The highest BCUT2D eigenvalue weighted by Gasteiger charge is 2.22. The lowest BCUT2D eigenvalue weighted by molar-refractivity contribution is -0.145. The molecule has 0 aliphatic carbocycles. The molecule has 0 saturated heterocycles. The van der Waals surface area contributed by atoms with Gasteiger partial charge in [0.2, 0.25) is 0 Å². The van der Waals surface area contributed by atoms with Crippen LogP contribution in [0.4, 0.5) is 0 Å². The van der Waals surface area contributed by atoms with Crippen LogP contribution in [-0.4, -0.2) is 19.0 Å². The van der Waals surface area contributed by atoms with Crippen molar-refractivity contribution in [3.05, 3.63) is 29.8 Å². The molecule has 0 spiro atoms. The number of esters is 1. The van der Waals surface area contributed by atoms with Gasteiger partial charge >= 0.3 is 5.97 Å². The molecule has 128 valence electrons. The molecule has 0 bridgehead atoms. The lowest BCUT2D eigenvalue weighted by Gasteiger charge is -2.16. The second kappa shape index (κ2) is 11.7. The van der Waals surface area contributed by atoms with Gasteiger partial charge in [-0.1, -0.05) is 57.6 Å². The summed E-state index contributed by atoms with van der Waals surface area (Å²) >= 11 is 0. The summed E-state index contributed by atoms with van der Waals surface area (Å²) in [5.41, 5.74) is 0.844. The molecule has 0 aromatic heterocycles. The molecule has 0 aliphatic heterocycles. The third-order valence-corrected chi connectivity index (χ3v) is 3.86. The number of unbranched alkanes of at least 4 members (excludes halogenated alkanes) is 5. The molecule has 4 heteroatoms. The van der Waals surface area contributed by atoms with E-state index in [2.05, 4.69) is 6.92 Å². The summed E-state index contributed by atoms with van der Waals surface area (Å²) in [6, 6.07) is 7.12. The Kier molecular flexibility index (Phi) is 9.76. The minimum absolute atomic E-state index is 0.204. The van der Waals surface area contributed by atoms with Crippen molar-refractivity contribution in [2.24, 2.45) is 0 Å². The molecule has 0 saturated carbocycles. The standard InChI is InChI=1S/C19H28O4/c1-3-5-6-7-8-9-13-18(19(21)22-4-2)16-11-10-12-17(14-16)23-15-20/h10-12,14-15,18H,3-9,13H2,1-2H3. The number of hydrogen-bond acceptors (Lipinski definition) is 4. The van der Waals surface area contributed by atoms with Gasteiger partial charge in [-0.05, 0) is 31.0 Å². The van der Waals surface area contributed by atoms with E-state index < -0.39 is 0 Å². The normalized spacial score (nSPS) is 11.7. The second-order valence-corrected chi connectivity index (χ2v) is 5.65. The Bertz CT molecular complexity index is 470. The molecule has 1 atom stereocenters. The number of carbonyl (C=O) groups excluding carboxylic acids is 2. The predicted molar refractivity (Wildman–Crippen MR) is 90.5 cm³/mol. The molecule has 0 N–H and O–H groups in total. The Morgan fingerprint density at radius 1 is 1.13 bits per heavy atom. The quantitative estimate of drug-likeness (QED) is 0.320. The van der Waals surface area contributed by atoms with Crippen molar-refractivity contribution in [2.45, 2.75) is 64.7 Å². The fourth-order valence-corrected chi connectivity index (χ4v) is 2.65. The van der Waals surface area contributed by atoms with E-state index in [1.165, 1.54) is 25.7 Å². The van der Waals surface area contributed by atoms with Crippen molar-refractivity contribution >= 4 is 12.4 Å². The van der Waals surface area contributed by atoms with Crippen LogP contribution >= 0.6 is 0 Å². The molecule has 1 unspecified atom stereocenters. The second-order valence-electron chi connectivity index (χ2n) is 5.65. The minimum atomic E-state index is -0.295. The monoisotopic (exact) mass is 320 g/mol. The molecular weight excluding hydrogens is 292 g/mol. The van der Waals surface area contributed by atoms with Crippen molar-refractivity contribution in [3.8, 4) is 5.75 Å². The third kappa shape index (κ3) is 7.31. The number of hydrogen-bond donors (Lipinski definition) is 0. The van der Waals surface area contributed by atoms with Gasteiger partial charge in [-0.25, -0.2) is 0 Å². The van der Waals surface area contributed by atoms with Crippen LogP contribution in [0, 0.1) is 0 Å². The van der Waals surface area contributed by atoms with Crippen LogP contribution in [0.2, 0.25) is 0 Å². The zero-order valence-electron chi connectivity index (χ0n) is 14.3. The fourth-order valence-electron chi connectivity index (χ4n) is 2.65. The number of carbonyl (C=O) groups is 2. The van der Waals surface area contributed by atoms with E-state index in [0.717, 1.165) is 24.8 Å². The first-order chi connectivity index (χ1) is 11.2. The van der Waals surface area contributed by atoms with Crippen LogP contribution in [-0.2, 0) is 14.3 Å². The third-order valence-electron chi connectivity index (χ3n) is 3.86. The van der Waals surface area contributed by atoms with E-state index in [9.17, 15) is 9.59 Å². The number of benzene rings is 1. The largest absolute Gasteiger partial charge is 0.466 e. The fraction of sp³-hybridized carbons (Fsp3) is 0.579. The highest BCUT2D eigenvalue weighted by Crippen LogP contribution is 2.27. The van der Waals surface area contributed by atoms with Crippen LogP contribution in [0.1, 0.15) is 70.3 Å². The van der Waals surface area contributed by atoms with Gasteiger partial charge in [0.25, 0.3) is 6.47 Å². The number of ether oxygens (including phenoxy) is 2. The summed E-state index contributed by atoms with van der Waals surface area (Å²) < 4.78 is 10.1. The van der Waals surface area contributed by atoms with Crippen molar-refractivity contribution in [1.82, 2.24) is 0 Å². The molecule has 0 radical (unpaired) electrons. The topological polar surface area (TPSA) is 52.6 Å². The first-order valence-electron chi connectivity index (χ1n) is 8.59. The van der Waals surface area contributed by atoms with E-state index in [0.29, 0.717) is 18.8 Å². The van der Waals surface area contributed by atoms with Gasteiger partial charge in [0.1, 0.15) is 5.75 Å². The Morgan fingerprint density at radius 2 is 1.87 bits per heavy atom.